The highest BCUT2D eigenvalue weighted by Gasteiger charge is 2.34. The first-order valence-electron chi connectivity index (χ1n) is 15.2. The van der Waals surface area contributed by atoms with Gasteiger partial charge in [-0.25, -0.2) is 4.79 Å². The smallest absolute Gasteiger partial charge is 0.408 e. The van der Waals surface area contributed by atoms with Crippen LogP contribution < -0.4 is 10.6 Å². The lowest BCUT2D eigenvalue weighted by molar-refractivity contribution is -0.140. The topological polar surface area (TPSA) is 87.7 Å². The van der Waals surface area contributed by atoms with E-state index in [1.807, 2.05) is 66.7 Å². The summed E-state index contributed by atoms with van der Waals surface area (Å²) in [5.74, 6) is -0.643. The van der Waals surface area contributed by atoms with Crippen LogP contribution in [0.4, 0.5) is 10.5 Å². The average Bonchev–Trinajstić information content (AvgIpc) is 2.95. The van der Waals surface area contributed by atoms with E-state index in [9.17, 15) is 14.4 Å². The molecule has 3 rings (SSSR count). The maximum atomic E-state index is 14.1. The van der Waals surface area contributed by atoms with Gasteiger partial charge in [-0.3, -0.25) is 9.59 Å². The number of aryl methyl sites for hydroxylation is 1. The molecule has 0 aliphatic heterocycles. The molecule has 0 bridgehead atoms. The predicted octanol–water partition coefficient (Wildman–Crippen LogP) is 7.79. The van der Waals surface area contributed by atoms with E-state index >= 15 is 0 Å². The number of alkyl carbamates (subject to hydrolysis) is 1. The lowest BCUT2D eigenvalue weighted by Crippen LogP contribution is -2.51. The van der Waals surface area contributed by atoms with Crippen LogP contribution in [-0.2, 0) is 20.7 Å². The minimum atomic E-state index is -0.888. The SMILES string of the molecule is CCCCCCCN(C(=O)C(C)NC(=O)OC(C)(C)C)C(C(=O)Nc1ccc2ccccc2c1)c1ccc(CC)cc1. The van der Waals surface area contributed by atoms with Crippen molar-refractivity contribution in [2.24, 2.45) is 0 Å². The summed E-state index contributed by atoms with van der Waals surface area (Å²) in [5.41, 5.74) is 1.82. The van der Waals surface area contributed by atoms with Gasteiger partial charge in [-0.15, -0.1) is 0 Å². The second-order valence-corrected chi connectivity index (χ2v) is 11.9. The van der Waals surface area contributed by atoms with Crippen LogP contribution in [0.5, 0.6) is 0 Å². The first-order valence-corrected chi connectivity index (χ1v) is 15.2. The zero-order valence-corrected chi connectivity index (χ0v) is 26.0. The van der Waals surface area contributed by atoms with Crippen LogP contribution in [0.2, 0.25) is 0 Å². The Bertz CT molecular complexity index is 1330. The molecule has 3 aromatic carbocycles. The van der Waals surface area contributed by atoms with Gasteiger partial charge in [0.25, 0.3) is 5.91 Å². The molecule has 3 aromatic rings. The Balaban J connectivity index is 1.95. The Hall–Kier alpha value is -3.87. The van der Waals surface area contributed by atoms with Crippen molar-refractivity contribution in [1.82, 2.24) is 10.2 Å². The fourth-order valence-corrected chi connectivity index (χ4v) is 4.93. The van der Waals surface area contributed by atoms with Crippen molar-refractivity contribution in [3.8, 4) is 0 Å². The second kappa shape index (κ2) is 15.4. The largest absolute Gasteiger partial charge is 0.444 e. The van der Waals surface area contributed by atoms with Gasteiger partial charge < -0.3 is 20.3 Å². The van der Waals surface area contributed by atoms with Crippen molar-refractivity contribution in [2.75, 3.05) is 11.9 Å². The third-order valence-electron chi connectivity index (χ3n) is 7.17. The van der Waals surface area contributed by atoms with Crippen molar-refractivity contribution < 1.29 is 19.1 Å². The van der Waals surface area contributed by atoms with Gasteiger partial charge in [-0.2, -0.15) is 0 Å². The third kappa shape index (κ3) is 9.61. The number of nitrogens with zero attached hydrogens (tertiary/aromatic N) is 1. The number of fused-ring (bicyclic) bond motifs is 1. The molecular formula is C35H47N3O4. The number of hydrogen-bond donors (Lipinski definition) is 2. The lowest BCUT2D eigenvalue weighted by Gasteiger charge is -2.34. The molecule has 0 aromatic heterocycles. The lowest BCUT2D eigenvalue weighted by atomic mass is 9.99. The second-order valence-electron chi connectivity index (χ2n) is 11.9. The molecule has 0 aliphatic carbocycles. The van der Waals surface area contributed by atoms with Crippen molar-refractivity contribution in [3.63, 3.8) is 0 Å². The number of nitrogens with one attached hydrogen (secondary N) is 2. The predicted molar refractivity (Wildman–Crippen MR) is 170 cm³/mol. The van der Waals surface area contributed by atoms with Crippen molar-refractivity contribution in [3.05, 3.63) is 77.9 Å². The normalized spacial score (nSPS) is 12.8. The standard InChI is InChI=1S/C35H47N3O4/c1-7-9-10-11-14-23-38(33(40)25(3)36-34(41)42-35(4,5)6)31(28-19-17-26(8-2)18-20-28)32(39)37-30-22-21-27-15-12-13-16-29(27)24-30/h12-13,15-22,24-25,31H,7-11,14,23H2,1-6H3,(H,36,41)(H,37,39). The van der Waals surface area contributed by atoms with Gasteiger partial charge in [-0.05, 0) is 74.6 Å². The fraction of sp³-hybridized carbons (Fsp3) is 0.457. The van der Waals surface area contributed by atoms with Crippen LogP contribution in [0.3, 0.4) is 0 Å². The number of benzene rings is 3. The van der Waals surface area contributed by atoms with Crippen LogP contribution in [0.1, 0.15) is 90.8 Å². The van der Waals surface area contributed by atoms with Crippen molar-refractivity contribution in [2.45, 2.75) is 97.8 Å². The zero-order chi connectivity index (χ0) is 30.7. The van der Waals surface area contributed by atoms with Gasteiger partial charge in [0.1, 0.15) is 17.7 Å². The number of unbranched alkanes of at least 4 members (excludes halogenated alkanes) is 4. The Kier molecular flexibility index (Phi) is 12.0. The zero-order valence-electron chi connectivity index (χ0n) is 26.0. The van der Waals surface area contributed by atoms with Gasteiger partial charge >= 0.3 is 6.09 Å². The molecule has 0 heterocycles. The van der Waals surface area contributed by atoms with E-state index in [2.05, 4.69) is 24.5 Å². The molecule has 0 aliphatic rings. The first kappa shape index (κ1) is 32.6. The van der Waals surface area contributed by atoms with E-state index in [1.165, 1.54) is 0 Å². The summed E-state index contributed by atoms with van der Waals surface area (Å²) in [6.07, 6.45) is 5.18. The van der Waals surface area contributed by atoms with E-state index in [0.29, 0.717) is 12.2 Å². The summed E-state index contributed by atoms with van der Waals surface area (Å²) in [7, 11) is 0. The summed E-state index contributed by atoms with van der Waals surface area (Å²) >= 11 is 0. The molecule has 2 unspecified atom stereocenters. The Labute approximate surface area is 251 Å². The summed E-state index contributed by atoms with van der Waals surface area (Å²) in [4.78, 5) is 42.3. The molecule has 7 nitrogen and oxygen atoms in total. The average molecular weight is 574 g/mol. The number of ether oxygens (including phenoxy) is 1. The Morgan fingerprint density at radius 1 is 0.857 bits per heavy atom. The highest BCUT2D eigenvalue weighted by atomic mass is 16.6. The van der Waals surface area contributed by atoms with Crippen molar-refractivity contribution >= 4 is 34.4 Å². The molecule has 0 radical (unpaired) electrons. The van der Waals surface area contributed by atoms with E-state index < -0.39 is 23.8 Å². The number of carbonyl (C=O) groups is 3. The van der Waals surface area contributed by atoms with Gasteiger partial charge in [0.05, 0.1) is 0 Å². The van der Waals surface area contributed by atoms with E-state index in [1.54, 1.807) is 32.6 Å². The van der Waals surface area contributed by atoms with Crippen LogP contribution in [0.15, 0.2) is 66.7 Å². The minimum absolute atomic E-state index is 0.305. The molecule has 7 heteroatoms. The van der Waals surface area contributed by atoms with E-state index in [-0.39, 0.29) is 11.8 Å². The fourth-order valence-electron chi connectivity index (χ4n) is 4.93. The maximum absolute atomic E-state index is 14.1. The van der Waals surface area contributed by atoms with Gasteiger partial charge in [0.2, 0.25) is 5.91 Å². The van der Waals surface area contributed by atoms with E-state index in [4.69, 9.17) is 4.74 Å². The number of anilines is 1. The third-order valence-corrected chi connectivity index (χ3v) is 7.17. The molecule has 3 amide bonds. The summed E-state index contributed by atoms with van der Waals surface area (Å²) in [6, 6.07) is 19.8. The highest BCUT2D eigenvalue weighted by molar-refractivity contribution is 6.00. The number of amides is 3. The van der Waals surface area contributed by atoms with Gasteiger partial charge in [0, 0.05) is 12.2 Å². The van der Waals surface area contributed by atoms with E-state index in [0.717, 1.165) is 60.4 Å². The first-order chi connectivity index (χ1) is 20.0. The quantitative estimate of drug-likeness (QED) is 0.204. The van der Waals surface area contributed by atoms with Gasteiger partial charge in [-0.1, -0.05) is 94.1 Å². The molecule has 2 N–H and O–H groups in total. The molecule has 0 fully saturated rings. The Morgan fingerprint density at radius 3 is 2.17 bits per heavy atom. The molecule has 0 saturated heterocycles. The summed E-state index contributed by atoms with van der Waals surface area (Å²) in [5, 5.41) is 7.84. The molecule has 0 saturated carbocycles. The summed E-state index contributed by atoms with van der Waals surface area (Å²) in [6.45, 7) is 11.6. The molecule has 42 heavy (non-hydrogen) atoms. The summed E-state index contributed by atoms with van der Waals surface area (Å²) < 4.78 is 5.40. The van der Waals surface area contributed by atoms with Crippen LogP contribution in [0, 0.1) is 0 Å². The number of carbonyl (C=O) groups excluding carboxylic acids is 3. The Morgan fingerprint density at radius 2 is 1.52 bits per heavy atom. The highest BCUT2D eigenvalue weighted by Crippen LogP contribution is 2.27. The minimum Gasteiger partial charge on any atom is -0.444 e. The van der Waals surface area contributed by atoms with Crippen LogP contribution in [-0.4, -0.2) is 41.0 Å². The van der Waals surface area contributed by atoms with Gasteiger partial charge in [0.15, 0.2) is 0 Å². The molecule has 226 valence electrons. The monoisotopic (exact) mass is 573 g/mol. The molecule has 0 spiro atoms. The molecular weight excluding hydrogens is 526 g/mol. The number of rotatable bonds is 13. The molecule has 2 atom stereocenters. The number of hydrogen-bond acceptors (Lipinski definition) is 4. The van der Waals surface area contributed by atoms with Crippen molar-refractivity contribution in [1.29, 1.82) is 0 Å². The van der Waals surface area contributed by atoms with Crippen LogP contribution in [0.25, 0.3) is 10.8 Å². The van der Waals surface area contributed by atoms with Crippen LogP contribution >= 0.6 is 0 Å². The maximum Gasteiger partial charge on any atom is 0.408 e.